The van der Waals surface area contributed by atoms with Crippen LogP contribution in [0.2, 0.25) is 0 Å². The van der Waals surface area contributed by atoms with Gasteiger partial charge in [0.15, 0.2) is 0 Å². The first-order valence-electron chi connectivity index (χ1n) is 12.4. The molecule has 2 aliphatic heterocycles. The smallest absolute Gasteiger partial charge is 0.662 e. The molecule has 0 spiro atoms. The minimum atomic E-state index is -0.770. The van der Waals surface area contributed by atoms with E-state index in [9.17, 15) is 9.59 Å². The van der Waals surface area contributed by atoms with Gasteiger partial charge in [-0.3, -0.25) is 4.79 Å². The molecule has 2 aliphatic rings. The first kappa shape index (κ1) is 43.2. The number of likely N-dealkylation sites (tertiary alicyclic amines) is 1. The summed E-state index contributed by atoms with van der Waals surface area (Å²) in [5.74, 6) is 0.749. The molecule has 2 atom stereocenters. The molecule has 2 aromatic carbocycles. The molecular formula is C27H36ClK2N2O9. The summed E-state index contributed by atoms with van der Waals surface area (Å²) in [5, 5.41) is 29.1. The summed E-state index contributed by atoms with van der Waals surface area (Å²) in [4.78, 5) is 34.8. The number of hydrogen-bond acceptors (Lipinski definition) is 10. The number of nitrogens with zero attached hydrogens (tertiary/aromatic N) is 1. The molecule has 4 rings (SSSR count). The average molecular weight is 646 g/mol. The first-order valence-corrected chi connectivity index (χ1v) is 12.8. The van der Waals surface area contributed by atoms with Crippen molar-refractivity contribution in [3.63, 3.8) is 0 Å². The molecule has 0 bridgehead atoms. The third-order valence-corrected chi connectivity index (χ3v) is 5.77. The molecule has 1 amide bonds. The summed E-state index contributed by atoms with van der Waals surface area (Å²) in [5.41, 5.74) is 1.15. The molecular weight excluding hydrogens is 610 g/mol. The number of rotatable bonds is 7. The summed E-state index contributed by atoms with van der Waals surface area (Å²) < 4.78 is 9.76. The number of benzene rings is 2. The summed E-state index contributed by atoms with van der Waals surface area (Å²) in [6.45, 7) is 4.24. The number of nitrogens with one attached hydrogen (secondary N) is 1. The third-order valence-electron chi connectivity index (χ3n) is 5.66. The van der Waals surface area contributed by atoms with Crippen molar-refractivity contribution >= 4 is 81.0 Å². The van der Waals surface area contributed by atoms with Crippen molar-refractivity contribution in [3.8, 4) is 0 Å². The predicted molar refractivity (Wildman–Crippen MR) is 147 cm³/mol. The Kier molecular flexibility index (Phi) is 30.3. The van der Waals surface area contributed by atoms with Gasteiger partial charge in [0.1, 0.15) is 13.2 Å². The topological polar surface area (TPSA) is 158 Å². The summed E-state index contributed by atoms with van der Waals surface area (Å²) in [6.07, 6.45) is 1.72. The molecule has 14 heteroatoms. The van der Waals surface area contributed by atoms with E-state index in [0.717, 1.165) is 37.1 Å². The zero-order valence-electron chi connectivity index (χ0n) is 23.7. The van der Waals surface area contributed by atoms with Crippen molar-refractivity contribution in [3.05, 3.63) is 71.8 Å². The minimum Gasteiger partial charge on any atom is -0.662 e. The second-order valence-electron chi connectivity index (χ2n) is 8.57. The van der Waals surface area contributed by atoms with E-state index in [1.54, 1.807) is 4.90 Å². The number of amides is 1. The fourth-order valence-corrected chi connectivity index (χ4v) is 3.60. The quantitative estimate of drug-likeness (QED) is 0.110. The van der Waals surface area contributed by atoms with Crippen LogP contribution >= 0.6 is 11.6 Å². The zero-order valence-corrected chi connectivity index (χ0v) is 30.7. The van der Waals surface area contributed by atoms with Crippen molar-refractivity contribution in [1.29, 1.82) is 0 Å². The van der Waals surface area contributed by atoms with E-state index in [4.69, 9.17) is 36.6 Å². The molecule has 2 aromatic rings. The van der Waals surface area contributed by atoms with E-state index in [1.807, 2.05) is 60.7 Å². The van der Waals surface area contributed by atoms with E-state index in [0.29, 0.717) is 32.2 Å². The number of carbonyl (C=O) groups excluding carboxylic acids is 3. The SMILES string of the molecule is O=C(Cl)OCc1ccccc1.O=C(OCc1ccccc1)N1CC[C@@H](CO)C1.O=CO[O-].OC[C@@H]1CCNC1.[K+].[K]. The van der Waals surface area contributed by atoms with Crippen LogP contribution in [0.15, 0.2) is 60.7 Å². The number of carbonyl (C=O) groups is 3. The van der Waals surface area contributed by atoms with Gasteiger partial charge in [-0.05, 0) is 36.4 Å². The molecule has 217 valence electrons. The Bertz CT molecular complexity index is 928. The van der Waals surface area contributed by atoms with Gasteiger partial charge in [-0.1, -0.05) is 60.7 Å². The first-order chi connectivity index (χ1) is 18.9. The minimum absolute atomic E-state index is 0. The Morgan fingerprint density at radius 1 is 0.951 bits per heavy atom. The maximum Gasteiger partial charge on any atom is 1.00 e. The molecule has 2 fully saturated rings. The molecule has 11 nitrogen and oxygen atoms in total. The van der Waals surface area contributed by atoms with Gasteiger partial charge in [-0.2, -0.15) is 0 Å². The van der Waals surface area contributed by atoms with Crippen LogP contribution in [0.5, 0.6) is 0 Å². The van der Waals surface area contributed by atoms with Crippen molar-refractivity contribution in [2.24, 2.45) is 11.8 Å². The summed E-state index contributed by atoms with van der Waals surface area (Å²) in [7, 11) is 0. The van der Waals surface area contributed by atoms with Crippen LogP contribution in [-0.4, -0.2) is 124 Å². The monoisotopic (exact) mass is 645 g/mol. The molecule has 1 radical (unpaired) electrons. The molecule has 0 aromatic heterocycles. The number of aliphatic hydroxyl groups is 2. The van der Waals surface area contributed by atoms with E-state index in [-0.39, 0.29) is 134 Å². The van der Waals surface area contributed by atoms with Crippen LogP contribution in [-0.2, 0) is 32.4 Å². The molecule has 2 heterocycles. The van der Waals surface area contributed by atoms with Gasteiger partial charge in [0.05, 0.1) is 0 Å². The number of halogens is 1. The Hall–Kier alpha value is 0.0527. The Morgan fingerprint density at radius 2 is 1.46 bits per heavy atom. The van der Waals surface area contributed by atoms with Crippen LogP contribution < -0.4 is 62.0 Å². The van der Waals surface area contributed by atoms with E-state index < -0.39 is 5.43 Å². The van der Waals surface area contributed by atoms with E-state index in [2.05, 4.69) is 14.9 Å². The Balaban J connectivity index is 0. The maximum absolute atomic E-state index is 11.7. The normalized spacial score (nSPS) is 16.3. The third kappa shape index (κ3) is 22.3. The second-order valence-corrected chi connectivity index (χ2v) is 8.88. The second kappa shape index (κ2) is 28.8. The Morgan fingerprint density at radius 3 is 1.83 bits per heavy atom. The predicted octanol–water partition coefficient (Wildman–Crippen LogP) is -1.15. The Labute approximate surface area is 331 Å². The fourth-order valence-electron chi connectivity index (χ4n) is 3.54. The number of ether oxygens (including phenoxy) is 2. The molecule has 0 unspecified atom stereocenters. The van der Waals surface area contributed by atoms with Crippen molar-refractivity contribution in [2.75, 3.05) is 39.4 Å². The van der Waals surface area contributed by atoms with Gasteiger partial charge < -0.3 is 40.0 Å². The van der Waals surface area contributed by atoms with Gasteiger partial charge in [-0.25, -0.2) is 9.59 Å². The van der Waals surface area contributed by atoms with Crippen LogP contribution in [0.25, 0.3) is 0 Å². The van der Waals surface area contributed by atoms with Gasteiger partial charge in [-0.15, -0.1) is 0 Å². The largest absolute Gasteiger partial charge is 1.00 e. The van der Waals surface area contributed by atoms with Crippen LogP contribution in [0.3, 0.4) is 0 Å². The fraction of sp³-hybridized carbons (Fsp3) is 0.444. The zero-order chi connectivity index (χ0) is 28.7. The molecule has 2 saturated heterocycles. The van der Waals surface area contributed by atoms with Gasteiger partial charge >= 0.3 is 62.9 Å². The van der Waals surface area contributed by atoms with Crippen LogP contribution in [0, 0.1) is 11.8 Å². The van der Waals surface area contributed by atoms with Crippen LogP contribution in [0.1, 0.15) is 24.0 Å². The molecule has 41 heavy (non-hydrogen) atoms. The van der Waals surface area contributed by atoms with Gasteiger partial charge in [0.2, 0.25) is 0 Å². The molecule has 3 N–H and O–H groups in total. The van der Waals surface area contributed by atoms with Crippen molar-refractivity contribution in [2.45, 2.75) is 26.1 Å². The maximum atomic E-state index is 11.7. The summed E-state index contributed by atoms with van der Waals surface area (Å²) in [6, 6.07) is 19.0. The number of aliphatic hydroxyl groups excluding tert-OH is 2. The van der Waals surface area contributed by atoms with Crippen molar-refractivity contribution < 1.29 is 95.6 Å². The van der Waals surface area contributed by atoms with Crippen LogP contribution in [0.4, 0.5) is 9.59 Å². The molecule has 0 saturated carbocycles. The number of hydrogen-bond donors (Lipinski definition) is 3. The van der Waals surface area contributed by atoms with E-state index in [1.165, 1.54) is 0 Å². The van der Waals surface area contributed by atoms with E-state index >= 15 is 0 Å². The van der Waals surface area contributed by atoms with Crippen molar-refractivity contribution in [1.82, 2.24) is 10.2 Å². The van der Waals surface area contributed by atoms with Gasteiger partial charge in [0, 0.05) is 102 Å². The molecule has 0 aliphatic carbocycles. The average Bonchev–Trinajstić information content (AvgIpc) is 3.69. The standard InChI is InChI=1S/C13H17NO3.C8H7ClO2.C5H11NO.CH2O3.2K/c15-9-12-6-7-14(8-12)13(16)17-10-11-4-2-1-3-5-11;9-8(10)11-6-7-4-2-1-3-5-7;7-4-5-1-2-6-3-5;2-1-4-3;;/h1-5,12,15H,6-10H2;1-5H,6H2;5-7H,1-4H2;1,3H;;/q;;;;;+1/p-1/t12-;;5-;;;/m1.1.../s1. The summed E-state index contributed by atoms with van der Waals surface area (Å²) >= 11 is 4.97. The van der Waals surface area contributed by atoms with Gasteiger partial charge in [0.25, 0.3) is 6.47 Å².